The summed E-state index contributed by atoms with van der Waals surface area (Å²) in [4.78, 5) is 25.6. The molecular formula is C18H20N2O5S. The topological polar surface area (TPSA) is 92.8 Å². The molecule has 1 amide bonds. The third kappa shape index (κ3) is 4.90. The van der Waals surface area contributed by atoms with Crippen LogP contribution in [0.15, 0.2) is 59.5 Å². The van der Waals surface area contributed by atoms with E-state index in [2.05, 4.69) is 4.72 Å². The lowest BCUT2D eigenvalue weighted by molar-refractivity contribution is -0.121. The minimum Gasteiger partial charge on any atom is -0.452 e. The molecule has 0 aliphatic heterocycles. The van der Waals surface area contributed by atoms with Gasteiger partial charge in [0.2, 0.25) is 10.0 Å². The van der Waals surface area contributed by atoms with Crippen LogP contribution in [-0.2, 0) is 19.6 Å². The largest absolute Gasteiger partial charge is 0.452 e. The number of para-hydroxylation sites is 1. The average Bonchev–Trinajstić information content (AvgIpc) is 2.66. The summed E-state index contributed by atoms with van der Waals surface area (Å²) < 4.78 is 31.1. The number of nitrogens with one attached hydrogen (secondary N) is 1. The summed E-state index contributed by atoms with van der Waals surface area (Å²) in [6.07, 6.45) is 0. The van der Waals surface area contributed by atoms with E-state index in [9.17, 15) is 18.0 Å². The first kappa shape index (κ1) is 19.6. The Labute approximate surface area is 152 Å². The van der Waals surface area contributed by atoms with Gasteiger partial charge in [-0.3, -0.25) is 4.79 Å². The lowest BCUT2D eigenvalue weighted by Crippen LogP contribution is -2.31. The summed E-state index contributed by atoms with van der Waals surface area (Å²) in [5.74, 6) is -1.08. The molecule has 0 aliphatic rings. The van der Waals surface area contributed by atoms with Crippen LogP contribution in [0.5, 0.6) is 0 Å². The predicted octanol–water partition coefficient (Wildman–Crippen LogP) is 1.80. The smallest absolute Gasteiger partial charge is 0.338 e. The summed E-state index contributed by atoms with van der Waals surface area (Å²) in [7, 11) is -1.99. The van der Waals surface area contributed by atoms with Crippen LogP contribution in [0, 0.1) is 0 Å². The number of likely N-dealkylation sites (N-methyl/N-ethyl adjacent to an activating group) is 1. The molecule has 0 spiro atoms. The molecule has 0 bridgehead atoms. The number of carbonyl (C=O) groups excluding carboxylic acids is 2. The highest BCUT2D eigenvalue weighted by Crippen LogP contribution is 2.13. The maximum Gasteiger partial charge on any atom is 0.338 e. The minimum absolute atomic E-state index is 0.0517. The maximum atomic E-state index is 12.1. The van der Waals surface area contributed by atoms with Crippen LogP contribution >= 0.6 is 0 Å². The van der Waals surface area contributed by atoms with Crippen LogP contribution in [0.4, 0.5) is 5.69 Å². The minimum atomic E-state index is -3.58. The molecule has 2 rings (SSSR count). The number of hydrogen-bond donors (Lipinski definition) is 1. The van der Waals surface area contributed by atoms with Crippen molar-refractivity contribution < 1.29 is 22.7 Å². The van der Waals surface area contributed by atoms with Crippen molar-refractivity contribution in [3.63, 3.8) is 0 Å². The van der Waals surface area contributed by atoms with E-state index in [1.54, 1.807) is 38.2 Å². The third-order valence-corrected chi connectivity index (χ3v) is 5.14. The number of hydrogen-bond acceptors (Lipinski definition) is 5. The number of nitrogens with zero attached hydrogens (tertiary/aromatic N) is 1. The van der Waals surface area contributed by atoms with Gasteiger partial charge in [0.25, 0.3) is 5.91 Å². The molecule has 0 atom stereocenters. The number of amides is 1. The first-order valence-corrected chi connectivity index (χ1v) is 9.42. The Kier molecular flexibility index (Phi) is 6.48. The molecule has 2 aromatic carbocycles. The summed E-state index contributed by atoms with van der Waals surface area (Å²) in [5.41, 5.74) is 0.849. The van der Waals surface area contributed by atoms with Gasteiger partial charge in [-0.1, -0.05) is 25.1 Å². The number of rotatable bonds is 7. The van der Waals surface area contributed by atoms with Crippen LogP contribution in [0.3, 0.4) is 0 Å². The molecule has 1 N–H and O–H groups in total. The summed E-state index contributed by atoms with van der Waals surface area (Å²) in [5, 5.41) is 0. The monoisotopic (exact) mass is 376 g/mol. The molecule has 0 heterocycles. The molecular weight excluding hydrogens is 356 g/mol. The Balaban J connectivity index is 1.97. The van der Waals surface area contributed by atoms with Crippen LogP contribution in [0.1, 0.15) is 17.3 Å². The lowest BCUT2D eigenvalue weighted by atomic mass is 10.2. The summed E-state index contributed by atoms with van der Waals surface area (Å²) >= 11 is 0. The fourth-order valence-corrected chi connectivity index (χ4v) is 3.19. The number of carbonyl (C=O) groups is 2. The molecule has 26 heavy (non-hydrogen) atoms. The van der Waals surface area contributed by atoms with Crippen LogP contribution < -0.4 is 9.62 Å². The number of ether oxygens (including phenoxy) is 1. The third-order valence-electron chi connectivity index (χ3n) is 3.58. The van der Waals surface area contributed by atoms with Crippen molar-refractivity contribution in [3.8, 4) is 0 Å². The van der Waals surface area contributed by atoms with Crippen LogP contribution in [0.2, 0.25) is 0 Å². The normalized spacial score (nSPS) is 11.0. The second-order valence-electron chi connectivity index (χ2n) is 5.39. The Bertz CT molecular complexity index is 864. The SMILES string of the molecule is CCNS(=O)(=O)c1ccc(C(=O)OCC(=O)N(C)c2ccccc2)cc1. The summed E-state index contributed by atoms with van der Waals surface area (Å²) in [6, 6.07) is 14.3. The van der Waals surface area contributed by atoms with Gasteiger partial charge in [0, 0.05) is 19.3 Å². The fraction of sp³-hybridized carbons (Fsp3) is 0.222. The second kappa shape index (κ2) is 8.59. The highest BCUT2D eigenvalue weighted by Gasteiger charge is 2.16. The fourth-order valence-electron chi connectivity index (χ4n) is 2.15. The van der Waals surface area contributed by atoms with E-state index in [1.165, 1.54) is 29.2 Å². The van der Waals surface area contributed by atoms with E-state index in [4.69, 9.17) is 4.74 Å². The number of anilines is 1. The van der Waals surface area contributed by atoms with Gasteiger partial charge < -0.3 is 9.64 Å². The second-order valence-corrected chi connectivity index (χ2v) is 7.16. The first-order valence-electron chi connectivity index (χ1n) is 7.93. The van der Waals surface area contributed by atoms with Crippen molar-refractivity contribution in [2.45, 2.75) is 11.8 Å². The van der Waals surface area contributed by atoms with Gasteiger partial charge in [0.15, 0.2) is 6.61 Å². The quantitative estimate of drug-likeness (QED) is 0.744. The first-order chi connectivity index (χ1) is 12.3. The molecule has 0 unspecified atom stereocenters. The Hall–Kier alpha value is -2.71. The van der Waals surface area contributed by atoms with Gasteiger partial charge in [0.1, 0.15) is 0 Å². The van der Waals surface area contributed by atoms with Crippen molar-refractivity contribution in [2.75, 3.05) is 25.1 Å². The van der Waals surface area contributed by atoms with E-state index >= 15 is 0 Å². The van der Waals surface area contributed by atoms with Gasteiger partial charge in [-0.2, -0.15) is 0 Å². The van der Waals surface area contributed by atoms with Crippen molar-refractivity contribution >= 4 is 27.6 Å². The van der Waals surface area contributed by atoms with E-state index < -0.39 is 22.6 Å². The zero-order valence-corrected chi connectivity index (χ0v) is 15.3. The molecule has 0 saturated heterocycles. The van der Waals surface area contributed by atoms with Crippen molar-refractivity contribution in [1.82, 2.24) is 4.72 Å². The zero-order chi connectivity index (χ0) is 19.2. The van der Waals surface area contributed by atoms with E-state index in [1.807, 2.05) is 6.07 Å². The highest BCUT2D eigenvalue weighted by atomic mass is 32.2. The molecule has 7 nitrogen and oxygen atoms in total. The predicted molar refractivity (Wildman–Crippen MR) is 97.4 cm³/mol. The maximum absolute atomic E-state index is 12.1. The standard InChI is InChI=1S/C18H20N2O5S/c1-3-19-26(23,24)16-11-9-14(10-12-16)18(22)25-13-17(21)20(2)15-7-5-4-6-8-15/h4-12,19H,3,13H2,1-2H3. The van der Waals surface area contributed by atoms with Crippen LogP contribution in [0.25, 0.3) is 0 Å². The Morgan fingerprint density at radius 3 is 2.23 bits per heavy atom. The van der Waals surface area contributed by atoms with E-state index in [0.717, 1.165) is 0 Å². The van der Waals surface area contributed by atoms with Crippen LogP contribution in [-0.4, -0.2) is 40.5 Å². The average molecular weight is 376 g/mol. The molecule has 138 valence electrons. The Morgan fingerprint density at radius 1 is 1.04 bits per heavy atom. The number of esters is 1. The van der Waals surface area contributed by atoms with Gasteiger partial charge in [0.05, 0.1) is 10.5 Å². The lowest BCUT2D eigenvalue weighted by Gasteiger charge is -2.17. The Morgan fingerprint density at radius 2 is 1.65 bits per heavy atom. The molecule has 8 heteroatoms. The van der Waals surface area contributed by atoms with Gasteiger partial charge in [-0.25, -0.2) is 17.9 Å². The molecule has 0 saturated carbocycles. The highest BCUT2D eigenvalue weighted by molar-refractivity contribution is 7.89. The van der Waals surface area contributed by atoms with E-state index in [-0.39, 0.29) is 22.9 Å². The molecule has 0 aromatic heterocycles. The van der Waals surface area contributed by atoms with Gasteiger partial charge in [-0.15, -0.1) is 0 Å². The van der Waals surface area contributed by atoms with Crippen molar-refractivity contribution in [2.24, 2.45) is 0 Å². The molecule has 0 fully saturated rings. The van der Waals surface area contributed by atoms with Gasteiger partial charge in [-0.05, 0) is 36.4 Å². The number of benzene rings is 2. The zero-order valence-electron chi connectivity index (χ0n) is 14.5. The van der Waals surface area contributed by atoms with Crippen molar-refractivity contribution in [1.29, 1.82) is 0 Å². The summed E-state index contributed by atoms with van der Waals surface area (Å²) in [6.45, 7) is 1.53. The van der Waals surface area contributed by atoms with E-state index in [0.29, 0.717) is 5.69 Å². The molecule has 0 radical (unpaired) electrons. The van der Waals surface area contributed by atoms with Gasteiger partial charge >= 0.3 is 5.97 Å². The molecule has 0 aliphatic carbocycles. The van der Waals surface area contributed by atoms with Crippen molar-refractivity contribution in [3.05, 3.63) is 60.2 Å². The molecule has 2 aromatic rings. The number of sulfonamides is 1.